The second kappa shape index (κ2) is 5.63. The van der Waals surface area contributed by atoms with Crippen LogP contribution in [-0.4, -0.2) is 10.9 Å². The lowest BCUT2D eigenvalue weighted by molar-refractivity contribution is 0.101. The molecule has 0 saturated heterocycles. The normalized spacial score (nSPS) is 10.3. The molecule has 0 atom stereocenters. The monoisotopic (exact) mass is 260 g/mol. The average molecular weight is 260 g/mol. The Morgan fingerprint density at radius 2 is 2.05 bits per heavy atom. The van der Waals surface area contributed by atoms with Crippen LogP contribution in [0.1, 0.15) is 22.8 Å². The van der Waals surface area contributed by atoms with Gasteiger partial charge in [-0.25, -0.2) is 4.39 Å². The summed E-state index contributed by atoms with van der Waals surface area (Å²) in [7, 11) is 0. The zero-order valence-corrected chi connectivity index (χ0v) is 10.4. The van der Waals surface area contributed by atoms with Gasteiger partial charge in [0.25, 0.3) is 0 Å². The van der Waals surface area contributed by atoms with Crippen LogP contribution < -0.4 is 4.74 Å². The topological polar surface area (TPSA) is 46.5 Å². The molecule has 2 aromatic carbocycles. The van der Waals surface area contributed by atoms with Gasteiger partial charge in [0.1, 0.15) is 17.3 Å². The lowest BCUT2D eigenvalue weighted by Crippen LogP contribution is -1.98. The van der Waals surface area contributed by atoms with E-state index in [4.69, 9.17) is 9.84 Å². The van der Waals surface area contributed by atoms with Crippen molar-refractivity contribution in [1.82, 2.24) is 0 Å². The lowest BCUT2D eigenvalue weighted by atomic mass is 10.1. The van der Waals surface area contributed by atoms with Crippen molar-refractivity contribution in [2.75, 3.05) is 0 Å². The summed E-state index contributed by atoms with van der Waals surface area (Å²) in [5.74, 6) is 0.0270. The smallest absolute Gasteiger partial charge is 0.163 e. The molecule has 0 radical (unpaired) electrons. The number of aliphatic hydroxyl groups excluding tert-OH is 1. The summed E-state index contributed by atoms with van der Waals surface area (Å²) in [5.41, 5.74) is 0.887. The van der Waals surface area contributed by atoms with Gasteiger partial charge in [-0.3, -0.25) is 4.79 Å². The molecule has 19 heavy (non-hydrogen) atoms. The number of hydrogen-bond acceptors (Lipinski definition) is 3. The first-order valence-electron chi connectivity index (χ1n) is 5.78. The Bertz CT molecular complexity index is 608. The molecule has 0 aliphatic carbocycles. The molecule has 0 unspecified atom stereocenters. The zero-order valence-electron chi connectivity index (χ0n) is 10.4. The number of Topliss-reactive ketones (excluding diaryl/α,β-unsaturated/α-hetero) is 1. The fourth-order valence-corrected chi connectivity index (χ4v) is 1.70. The molecule has 2 aromatic rings. The van der Waals surface area contributed by atoms with Crippen LogP contribution in [0.25, 0.3) is 0 Å². The van der Waals surface area contributed by atoms with E-state index in [9.17, 15) is 9.18 Å². The van der Waals surface area contributed by atoms with Crippen molar-refractivity contribution < 1.29 is 19.0 Å². The minimum absolute atomic E-state index is 0.0970. The van der Waals surface area contributed by atoms with Gasteiger partial charge in [-0.15, -0.1) is 0 Å². The third-order valence-electron chi connectivity index (χ3n) is 2.63. The fraction of sp³-hybridized carbons (Fsp3) is 0.133. The van der Waals surface area contributed by atoms with Gasteiger partial charge in [0, 0.05) is 0 Å². The van der Waals surface area contributed by atoms with Gasteiger partial charge in [-0.1, -0.05) is 12.1 Å². The Morgan fingerprint density at radius 1 is 1.26 bits per heavy atom. The van der Waals surface area contributed by atoms with Crippen LogP contribution in [0.3, 0.4) is 0 Å². The van der Waals surface area contributed by atoms with Gasteiger partial charge in [0.15, 0.2) is 5.78 Å². The number of carbonyl (C=O) groups excluding carboxylic acids is 1. The van der Waals surface area contributed by atoms with Crippen molar-refractivity contribution in [2.24, 2.45) is 0 Å². The Morgan fingerprint density at radius 3 is 2.74 bits per heavy atom. The summed E-state index contributed by atoms with van der Waals surface area (Å²) in [6, 6.07) is 10.6. The molecule has 0 bridgehead atoms. The van der Waals surface area contributed by atoms with E-state index >= 15 is 0 Å². The molecule has 0 amide bonds. The molecule has 1 N–H and O–H groups in total. The fourth-order valence-electron chi connectivity index (χ4n) is 1.70. The number of halogens is 1. The predicted molar refractivity (Wildman–Crippen MR) is 68.8 cm³/mol. The van der Waals surface area contributed by atoms with E-state index < -0.39 is 5.82 Å². The molecule has 4 heteroatoms. The summed E-state index contributed by atoms with van der Waals surface area (Å²) in [6.45, 7) is 1.26. The minimum atomic E-state index is -0.485. The maximum atomic E-state index is 13.1. The molecule has 3 nitrogen and oxygen atoms in total. The predicted octanol–water partition coefficient (Wildman–Crippen LogP) is 3.31. The molecule has 0 aromatic heterocycles. The van der Waals surface area contributed by atoms with Gasteiger partial charge >= 0.3 is 0 Å². The Hall–Kier alpha value is -2.20. The van der Waals surface area contributed by atoms with Gasteiger partial charge < -0.3 is 9.84 Å². The maximum absolute atomic E-state index is 13.1. The highest BCUT2D eigenvalue weighted by Crippen LogP contribution is 2.27. The summed E-state index contributed by atoms with van der Waals surface area (Å²) >= 11 is 0. The lowest BCUT2D eigenvalue weighted by Gasteiger charge is -2.10. The molecular weight excluding hydrogens is 247 g/mol. The van der Waals surface area contributed by atoms with Gasteiger partial charge in [-0.2, -0.15) is 0 Å². The van der Waals surface area contributed by atoms with E-state index in [1.54, 1.807) is 24.3 Å². The standard InChI is InChI=1S/C15H13FO3/c1-10(18)14-8-12(16)5-6-15(14)19-13-4-2-3-11(7-13)9-17/h2-8,17H,9H2,1H3. The van der Waals surface area contributed by atoms with Gasteiger partial charge in [-0.05, 0) is 42.8 Å². The summed E-state index contributed by atoms with van der Waals surface area (Å²) in [4.78, 5) is 11.4. The summed E-state index contributed by atoms with van der Waals surface area (Å²) < 4.78 is 18.7. The van der Waals surface area contributed by atoms with E-state index in [0.29, 0.717) is 17.1 Å². The number of rotatable bonds is 4. The highest BCUT2D eigenvalue weighted by atomic mass is 19.1. The first kappa shape index (κ1) is 13.2. The molecule has 0 spiro atoms. The average Bonchev–Trinajstić information content (AvgIpc) is 2.41. The number of benzene rings is 2. The molecule has 0 fully saturated rings. The quantitative estimate of drug-likeness (QED) is 0.858. The maximum Gasteiger partial charge on any atom is 0.163 e. The van der Waals surface area contributed by atoms with Crippen molar-refractivity contribution in [2.45, 2.75) is 13.5 Å². The molecular formula is C15H13FO3. The van der Waals surface area contributed by atoms with Gasteiger partial charge in [0.2, 0.25) is 0 Å². The largest absolute Gasteiger partial charge is 0.457 e. The van der Waals surface area contributed by atoms with Crippen molar-refractivity contribution in [3.05, 3.63) is 59.4 Å². The zero-order chi connectivity index (χ0) is 13.8. The summed E-state index contributed by atoms with van der Waals surface area (Å²) in [5, 5.41) is 9.05. The molecule has 98 valence electrons. The molecule has 0 aliphatic rings. The molecule has 0 saturated carbocycles. The van der Waals surface area contributed by atoms with Crippen molar-refractivity contribution in [1.29, 1.82) is 0 Å². The molecule has 0 heterocycles. The third-order valence-corrected chi connectivity index (χ3v) is 2.63. The Labute approximate surface area is 110 Å². The van der Waals surface area contributed by atoms with Crippen LogP contribution in [-0.2, 0) is 6.61 Å². The van der Waals surface area contributed by atoms with Crippen LogP contribution in [0.15, 0.2) is 42.5 Å². The Kier molecular flexibility index (Phi) is 3.92. The first-order valence-corrected chi connectivity index (χ1v) is 5.78. The van der Waals surface area contributed by atoms with Crippen LogP contribution >= 0.6 is 0 Å². The second-order valence-corrected chi connectivity index (χ2v) is 4.10. The number of aliphatic hydroxyl groups is 1. The SMILES string of the molecule is CC(=O)c1cc(F)ccc1Oc1cccc(CO)c1. The highest BCUT2D eigenvalue weighted by molar-refractivity contribution is 5.96. The van der Waals surface area contributed by atoms with Crippen molar-refractivity contribution >= 4 is 5.78 Å². The van der Waals surface area contributed by atoms with Crippen LogP contribution in [0.2, 0.25) is 0 Å². The highest BCUT2D eigenvalue weighted by Gasteiger charge is 2.11. The third kappa shape index (κ3) is 3.17. The van der Waals surface area contributed by atoms with Crippen molar-refractivity contribution in [3.8, 4) is 11.5 Å². The number of ether oxygens (including phenoxy) is 1. The van der Waals surface area contributed by atoms with Crippen molar-refractivity contribution in [3.63, 3.8) is 0 Å². The second-order valence-electron chi connectivity index (χ2n) is 4.10. The van der Waals surface area contributed by atoms with Gasteiger partial charge in [0.05, 0.1) is 12.2 Å². The molecule has 2 rings (SSSR count). The number of carbonyl (C=O) groups is 1. The van der Waals surface area contributed by atoms with E-state index in [0.717, 1.165) is 6.07 Å². The minimum Gasteiger partial charge on any atom is -0.457 e. The number of ketones is 1. The van der Waals surface area contributed by atoms with Crippen LogP contribution in [0.5, 0.6) is 11.5 Å². The van der Waals surface area contributed by atoms with Crippen LogP contribution in [0, 0.1) is 5.82 Å². The Balaban J connectivity index is 2.34. The molecule has 0 aliphatic heterocycles. The summed E-state index contributed by atoms with van der Waals surface area (Å²) in [6.07, 6.45) is 0. The van der Waals surface area contributed by atoms with E-state index in [2.05, 4.69) is 0 Å². The van der Waals surface area contributed by atoms with E-state index in [-0.39, 0.29) is 18.0 Å². The van der Waals surface area contributed by atoms with E-state index in [1.165, 1.54) is 19.1 Å². The first-order chi connectivity index (χ1) is 9.10. The van der Waals surface area contributed by atoms with E-state index in [1.807, 2.05) is 0 Å². The number of hydrogen-bond donors (Lipinski definition) is 1. The van der Waals surface area contributed by atoms with Crippen LogP contribution in [0.4, 0.5) is 4.39 Å².